The standard InChI is InChI=1S/C16H23NO3/c1-16(2)9-6-10-17(11-16)15(18)12-7-5-8-13(19-3)14(12)20-4/h5,7-8H,6,9-11H2,1-4H3. The molecule has 0 unspecified atom stereocenters. The minimum absolute atomic E-state index is 0.0218. The number of carbonyl (C=O) groups is 1. The molecule has 1 fully saturated rings. The van der Waals surface area contributed by atoms with Crippen molar-refractivity contribution in [3.63, 3.8) is 0 Å². The minimum Gasteiger partial charge on any atom is -0.493 e. The molecule has 0 aromatic heterocycles. The number of benzene rings is 1. The first-order valence-electron chi connectivity index (χ1n) is 6.99. The number of carbonyl (C=O) groups excluding carboxylic acids is 1. The molecule has 0 N–H and O–H groups in total. The van der Waals surface area contributed by atoms with Crippen LogP contribution in [0.15, 0.2) is 18.2 Å². The van der Waals surface area contributed by atoms with Crippen LogP contribution in [0, 0.1) is 5.41 Å². The van der Waals surface area contributed by atoms with Gasteiger partial charge in [-0.3, -0.25) is 4.79 Å². The van der Waals surface area contributed by atoms with Gasteiger partial charge in [0.05, 0.1) is 19.8 Å². The summed E-state index contributed by atoms with van der Waals surface area (Å²) < 4.78 is 10.6. The highest BCUT2D eigenvalue weighted by Crippen LogP contribution is 2.34. The van der Waals surface area contributed by atoms with Crippen molar-refractivity contribution in [2.75, 3.05) is 27.3 Å². The normalized spacial score (nSPS) is 17.7. The lowest BCUT2D eigenvalue weighted by molar-refractivity contribution is 0.0579. The molecule has 1 aromatic rings. The second-order valence-corrected chi connectivity index (χ2v) is 6.04. The second kappa shape index (κ2) is 5.73. The van der Waals surface area contributed by atoms with Crippen molar-refractivity contribution in [1.29, 1.82) is 0 Å². The molecule has 1 aliphatic rings. The second-order valence-electron chi connectivity index (χ2n) is 6.04. The smallest absolute Gasteiger partial charge is 0.257 e. The molecular formula is C16H23NO3. The van der Waals surface area contributed by atoms with E-state index in [1.54, 1.807) is 26.4 Å². The molecule has 1 saturated heterocycles. The van der Waals surface area contributed by atoms with E-state index in [9.17, 15) is 4.79 Å². The number of nitrogens with zero attached hydrogens (tertiary/aromatic N) is 1. The van der Waals surface area contributed by atoms with Gasteiger partial charge in [0, 0.05) is 13.1 Å². The lowest BCUT2D eigenvalue weighted by Crippen LogP contribution is -2.43. The maximum Gasteiger partial charge on any atom is 0.257 e. The summed E-state index contributed by atoms with van der Waals surface area (Å²) in [5.74, 6) is 1.13. The van der Waals surface area contributed by atoms with E-state index in [1.165, 1.54) is 0 Å². The molecule has 4 heteroatoms. The maximum absolute atomic E-state index is 12.7. The van der Waals surface area contributed by atoms with E-state index in [2.05, 4.69) is 13.8 Å². The topological polar surface area (TPSA) is 38.8 Å². The van der Waals surface area contributed by atoms with Gasteiger partial charge in [-0.25, -0.2) is 0 Å². The van der Waals surface area contributed by atoms with Crippen molar-refractivity contribution in [2.45, 2.75) is 26.7 Å². The zero-order chi connectivity index (χ0) is 14.8. The van der Waals surface area contributed by atoms with Gasteiger partial charge in [-0.2, -0.15) is 0 Å². The molecule has 2 rings (SSSR count). The molecule has 0 aliphatic carbocycles. The molecule has 0 radical (unpaired) electrons. The first kappa shape index (κ1) is 14.7. The van der Waals surface area contributed by atoms with E-state index in [0.717, 1.165) is 25.9 Å². The first-order chi connectivity index (χ1) is 9.48. The Hall–Kier alpha value is -1.71. The molecule has 1 heterocycles. The van der Waals surface area contributed by atoms with Crippen LogP contribution >= 0.6 is 0 Å². The Balaban J connectivity index is 2.29. The summed E-state index contributed by atoms with van der Waals surface area (Å²) in [6, 6.07) is 5.42. The van der Waals surface area contributed by atoms with Crippen molar-refractivity contribution < 1.29 is 14.3 Å². The summed E-state index contributed by atoms with van der Waals surface area (Å²) in [6.45, 7) is 6.00. The number of hydrogen-bond acceptors (Lipinski definition) is 3. The highest BCUT2D eigenvalue weighted by molar-refractivity contribution is 5.98. The minimum atomic E-state index is 0.0218. The van der Waals surface area contributed by atoms with Crippen molar-refractivity contribution in [3.05, 3.63) is 23.8 Å². The molecule has 1 amide bonds. The number of para-hydroxylation sites is 1. The van der Waals surface area contributed by atoms with E-state index in [-0.39, 0.29) is 11.3 Å². The molecule has 4 nitrogen and oxygen atoms in total. The number of likely N-dealkylation sites (tertiary alicyclic amines) is 1. The Labute approximate surface area is 120 Å². The fraction of sp³-hybridized carbons (Fsp3) is 0.562. The van der Waals surface area contributed by atoms with Crippen LogP contribution in [0.4, 0.5) is 0 Å². The van der Waals surface area contributed by atoms with Gasteiger partial charge in [-0.05, 0) is 30.4 Å². The quantitative estimate of drug-likeness (QED) is 0.852. The van der Waals surface area contributed by atoms with Gasteiger partial charge < -0.3 is 14.4 Å². The van der Waals surface area contributed by atoms with Gasteiger partial charge in [0.1, 0.15) is 0 Å². The largest absolute Gasteiger partial charge is 0.493 e. The van der Waals surface area contributed by atoms with E-state index in [4.69, 9.17) is 9.47 Å². The van der Waals surface area contributed by atoms with Gasteiger partial charge in [-0.1, -0.05) is 19.9 Å². The van der Waals surface area contributed by atoms with Crippen LogP contribution in [0.2, 0.25) is 0 Å². The lowest BCUT2D eigenvalue weighted by Gasteiger charge is -2.38. The van der Waals surface area contributed by atoms with E-state index in [0.29, 0.717) is 17.1 Å². The average Bonchev–Trinajstić information content (AvgIpc) is 2.44. The number of ether oxygens (including phenoxy) is 2. The van der Waals surface area contributed by atoms with Crippen LogP contribution in [-0.2, 0) is 0 Å². The Bertz CT molecular complexity index is 496. The molecule has 0 atom stereocenters. The molecule has 0 saturated carbocycles. The number of rotatable bonds is 3. The van der Waals surface area contributed by atoms with Gasteiger partial charge in [0.2, 0.25) is 0 Å². The number of piperidine rings is 1. The van der Waals surface area contributed by atoms with Gasteiger partial charge in [-0.15, -0.1) is 0 Å². The zero-order valence-electron chi connectivity index (χ0n) is 12.7. The summed E-state index contributed by atoms with van der Waals surface area (Å²) >= 11 is 0. The highest BCUT2D eigenvalue weighted by Gasteiger charge is 2.31. The Kier molecular flexibility index (Phi) is 4.21. The number of methoxy groups -OCH3 is 2. The molecule has 0 spiro atoms. The molecule has 1 aromatic carbocycles. The van der Waals surface area contributed by atoms with Gasteiger partial charge >= 0.3 is 0 Å². The van der Waals surface area contributed by atoms with Crippen molar-refractivity contribution >= 4 is 5.91 Å². The van der Waals surface area contributed by atoms with Crippen molar-refractivity contribution in [2.24, 2.45) is 5.41 Å². The summed E-state index contributed by atoms with van der Waals surface area (Å²) in [7, 11) is 3.14. The molecule has 20 heavy (non-hydrogen) atoms. The maximum atomic E-state index is 12.7. The van der Waals surface area contributed by atoms with Crippen molar-refractivity contribution in [3.8, 4) is 11.5 Å². The third-order valence-electron chi connectivity index (χ3n) is 3.82. The van der Waals surface area contributed by atoms with Gasteiger partial charge in [0.15, 0.2) is 11.5 Å². The molecular weight excluding hydrogens is 254 g/mol. The third kappa shape index (κ3) is 2.89. The summed E-state index contributed by atoms with van der Waals surface area (Å²) in [4.78, 5) is 14.6. The summed E-state index contributed by atoms with van der Waals surface area (Å²) in [6.07, 6.45) is 2.21. The third-order valence-corrected chi connectivity index (χ3v) is 3.82. The van der Waals surface area contributed by atoms with Crippen LogP contribution in [0.5, 0.6) is 11.5 Å². The number of hydrogen-bond donors (Lipinski definition) is 0. The predicted molar refractivity (Wildman–Crippen MR) is 78.5 cm³/mol. The average molecular weight is 277 g/mol. The van der Waals surface area contributed by atoms with E-state index >= 15 is 0 Å². The lowest BCUT2D eigenvalue weighted by atomic mass is 9.84. The van der Waals surface area contributed by atoms with Crippen LogP contribution < -0.4 is 9.47 Å². The Morgan fingerprint density at radius 2 is 2.00 bits per heavy atom. The van der Waals surface area contributed by atoms with Crippen LogP contribution in [0.3, 0.4) is 0 Å². The van der Waals surface area contributed by atoms with Crippen LogP contribution in [0.25, 0.3) is 0 Å². The SMILES string of the molecule is COc1cccc(C(=O)N2CCCC(C)(C)C2)c1OC. The fourth-order valence-electron chi connectivity index (χ4n) is 2.82. The Morgan fingerprint density at radius 3 is 2.60 bits per heavy atom. The molecule has 0 bridgehead atoms. The number of amides is 1. The monoisotopic (exact) mass is 277 g/mol. The first-order valence-corrected chi connectivity index (χ1v) is 6.99. The predicted octanol–water partition coefficient (Wildman–Crippen LogP) is 2.97. The van der Waals surface area contributed by atoms with Crippen molar-refractivity contribution in [1.82, 2.24) is 4.90 Å². The van der Waals surface area contributed by atoms with E-state index in [1.807, 2.05) is 11.0 Å². The molecule has 110 valence electrons. The van der Waals surface area contributed by atoms with Gasteiger partial charge in [0.25, 0.3) is 5.91 Å². The van der Waals surface area contributed by atoms with Crippen LogP contribution in [0.1, 0.15) is 37.0 Å². The highest BCUT2D eigenvalue weighted by atomic mass is 16.5. The summed E-state index contributed by atoms with van der Waals surface area (Å²) in [5.41, 5.74) is 0.754. The van der Waals surface area contributed by atoms with Crippen LogP contribution in [-0.4, -0.2) is 38.1 Å². The van der Waals surface area contributed by atoms with E-state index < -0.39 is 0 Å². The summed E-state index contributed by atoms with van der Waals surface area (Å²) in [5, 5.41) is 0. The molecule has 1 aliphatic heterocycles. The zero-order valence-corrected chi connectivity index (χ0v) is 12.7. The Morgan fingerprint density at radius 1 is 1.25 bits per heavy atom. The fourth-order valence-corrected chi connectivity index (χ4v) is 2.82.